The van der Waals surface area contributed by atoms with E-state index in [1.165, 1.54) is 5.69 Å². The molecule has 1 rings (SSSR count). The Morgan fingerprint density at radius 1 is 1.53 bits per heavy atom. The topological polar surface area (TPSA) is 39.1 Å². The van der Waals surface area contributed by atoms with Crippen molar-refractivity contribution in [1.82, 2.24) is 15.1 Å². The molecule has 17 heavy (non-hydrogen) atoms. The molecule has 98 valence electrons. The van der Waals surface area contributed by atoms with Crippen LogP contribution in [0.3, 0.4) is 0 Å². The van der Waals surface area contributed by atoms with Crippen LogP contribution in [0, 0.1) is 6.92 Å². The van der Waals surface area contributed by atoms with E-state index in [0.29, 0.717) is 6.04 Å². The van der Waals surface area contributed by atoms with Gasteiger partial charge in [0.2, 0.25) is 0 Å². The Morgan fingerprint density at radius 2 is 2.29 bits per heavy atom. The summed E-state index contributed by atoms with van der Waals surface area (Å²) in [4.78, 5) is 0. The minimum atomic E-state index is 0.477. The fraction of sp³-hybridized carbons (Fsp3) is 0.769. The van der Waals surface area contributed by atoms with Gasteiger partial charge < -0.3 is 10.1 Å². The molecular formula is C13H25N3O. The number of nitrogens with zero attached hydrogens (tertiary/aromatic N) is 2. The monoisotopic (exact) mass is 239 g/mol. The summed E-state index contributed by atoms with van der Waals surface area (Å²) >= 11 is 0. The molecule has 4 nitrogen and oxygen atoms in total. The van der Waals surface area contributed by atoms with Gasteiger partial charge in [-0.3, -0.25) is 4.68 Å². The van der Waals surface area contributed by atoms with Crippen molar-refractivity contribution in [2.24, 2.45) is 7.05 Å². The third-order valence-electron chi connectivity index (χ3n) is 2.91. The van der Waals surface area contributed by atoms with E-state index in [9.17, 15) is 0 Å². The molecule has 1 aromatic rings. The maximum absolute atomic E-state index is 5.16. The van der Waals surface area contributed by atoms with Crippen molar-refractivity contribution in [3.8, 4) is 0 Å². The van der Waals surface area contributed by atoms with Gasteiger partial charge in [-0.25, -0.2) is 0 Å². The van der Waals surface area contributed by atoms with E-state index in [-0.39, 0.29) is 0 Å². The average molecular weight is 239 g/mol. The van der Waals surface area contributed by atoms with Crippen LogP contribution in [0.15, 0.2) is 6.07 Å². The van der Waals surface area contributed by atoms with Crippen molar-refractivity contribution in [2.75, 3.05) is 20.3 Å². The van der Waals surface area contributed by atoms with Crippen molar-refractivity contribution >= 4 is 0 Å². The number of hydrogen-bond donors (Lipinski definition) is 1. The van der Waals surface area contributed by atoms with Crippen LogP contribution in [-0.2, 0) is 18.2 Å². The number of hydrogen-bond acceptors (Lipinski definition) is 3. The average Bonchev–Trinajstić information content (AvgIpc) is 2.61. The van der Waals surface area contributed by atoms with E-state index in [4.69, 9.17) is 4.74 Å². The largest absolute Gasteiger partial charge is 0.385 e. The summed E-state index contributed by atoms with van der Waals surface area (Å²) < 4.78 is 7.14. The van der Waals surface area contributed by atoms with Crippen LogP contribution in [0.5, 0.6) is 0 Å². The SMILES string of the molecule is CCCNC(CCOC)Cc1cc(C)nn1C. The molecule has 0 aliphatic heterocycles. The Bertz CT molecular complexity index is 314. The van der Waals surface area contributed by atoms with Crippen LogP contribution >= 0.6 is 0 Å². The number of aromatic nitrogens is 2. The van der Waals surface area contributed by atoms with Gasteiger partial charge in [0.1, 0.15) is 0 Å². The summed E-state index contributed by atoms with van der Waals surface area (Å²) in [5.41, 5.74) is 2.37. The number of nitrogens with one attached hydrogen (secondary N) is 1. The van der Waals surface area contributed by atoms with Gasteiger partial charge in [0.05, 0.1) is 5.69 Å². The fourth-order valence-electron chi connectivity index (χ4n) is 1.99. The van der Waals surface area contributed by atoms with Gasteiger partial charge in [0.25, 0.3) is 0 Å². The first-order valence-electron chi connectivity index (χ1n) is 6.39. The molecule has 0 saturated carbocycles. The van der Waals surface area contributed by atoms with Crippen LogP contribution in [0.25, 0.3) is 0 Å². The van der Waals surface area contributed by atoms with E-state index in [1.807, 2.05) is 18.7 Å². The van der Waals surface area contributed by atoms with Gasteiger partial charge in [-0.15, -0.1) is 0 Å². The molecule has 0 saturated heterocycles. The summed E-state index contributed by atoms with van der Waals surface area (Å²) in [5, 5.41) is 7.95. The van der Waals surface area contributed by atoms with Crippen molar-refractivity contribution in [2.45, 2.75) is 39.2 Å². The normalized spacial score (nSPS) is 12.9. The molecule has 0 bridgehead atoms. The summed E-state index contributed by atoms with van der Waals surface area (Å²) in [6.07, 6.45) is 3.22. The molecule has 0 aliphatic carbocycles. The zero-order chi connectivity index (χ0) is 12.7. The standard InChI is InChI=1S/C13H25N3O/c1-5-7-14-12(6-8-17-4)10-13-9-11(2)15-16(13)3/h9,12,14H,5-8,10H2,1-4H3. The van der Waals surface area contributed by atoms with Gasteiger partial charge in [-0.05, 0) is 32.4 Å². The Morgan fingerprint density at radius 3 is 2.82 bits per heavy atom. The smallest absolute Gasteiger partial charge is 0.0596 e. The zero-order valence-corrected chi connectivity index (χ0v) is 11.5. The lowest BCUT2D eigenvalue weighted by atomic mass is 10.1. The molecule has 0 amide bonds. The van der Waals surface area contributed by atoms with E-state index >= 15 is 0 Å². The summed E-state index contributed by atoms with van der Waals surface area (Å²) in [6.45, 7) is 6.09. The lowest BCUT2D eigenvalue weighted by Crippen LogP contribution is -2.33. The van der Waals surface area contributed by atoms with Crippen molar-refractivity contribution in [3.05, 3.63) is 17.5 Å². The van der Waals surface area contributed by atoms with Crippen molar-refractivity contribution in [1.29, 1.82) is 0 Å². The summed E-state index contributed by atoms with van der Waals surface area (Å²) in [5.74, 6) is 0. The van der Waals surface area contributed by atoms with Gasteiger partial charge in [-0.2, -0.15) is 5.10 Å². The second kappa shape index (κ2) is 7.45. The maximum Gasteiger partial charge on any atom is 0.0596 e. The highest BCUT2D eigenvalue weighted by Gasteiger charge is 2.11. The molecular weight excluding hydrogens is 214 g/mol. The Kier molecular flexibility index (Phi) is 6.22. The van der Waals surface area contributed by atoms with Crippen LogP contribution in [0.4, 0.5) is 0 Å². The zero-order valence-electron chi connectivity index (χ0n) is 11.5. The number of ether oxygens (including phenoxy) is 1. The predicted octanol–water partition coefficient (Wildman–Crippen LogP) is 1.68. The van der Waals surface area contributed by atoms with E-state index < -0.39 is 0 Å². The molecule has 1 heterocycles. The molecule has 0 aliphatic rings. The first kappa shape index (κ1) is 14.2. The fourth-order valence-corrected chi connectivity index (χ4v) is 1.99. The third-order valence-corrected chi connectivity index (χ3v) is 2.91. The van der Waals surface area contributed by atoms with Gasteiger partial charge in [0.15, 0.2) is 0 Å². The van der Waals surface area contributed by atoms with Gasteiger partial charge in [0, 0.05) is 38.9 Å². The molecule has 0 aromatic carbocycles. The van der Waals surface area contributed by atoms with Gasteiger partial charge >= 0.3 is 0 Å². The van der Waals surface area contributed by atoms with E-state index in [1.54, 1.807) is 7.11 Å². The Balaban J connectivity index is 2.54. The predicted molar refractivity (Wildman–Crippen MR) is 70.2 cm³/mol. The molecule has 1 N–H and O–H groups in total. The third kappa shape index (κ3) is 4.88. The molecule has 0 spiro atoms. The van der Waals surface area contributed by atoms with Crippen molar-refractivity contribution in [3.63, 3.8) is 0 Å². The van der Waals surface area contributed by atoms with Crippen LogP contribution in [-0.4, -0.2) is 36.1 Å². The molecule has 0 radical (unpaired) electrons. The lowest BCUT2D eigenvalue weighted by molar-refractivity contribution is 0.182. The Hall–Kier alpha value is -0.870. The van der Waals surface area contributed by atoms with Gasteiger partial charge in [-0.1, -0.05) is 6.92 Å². The first-order valence-corrected chi connectivity index (χ1v) is 6.39. The molecule has 1 atom stereocenters. The molecule has 1 aromatic heterocycles. The molecule has 0 fully saturated rings. The molecule has 1 unspecified atom stereocenters. The highest BCUT2D eigenvalue weighted by atomic mass is 16.5. The van der Waals surface area contributed by atoms with Crippen LogP contribution < -0.4 is 5.32 Å². The number of rotatable bonds is 8. The van der Waals surface area contributed by atoms with E-state index in [2.05, 4.69) is 23.4 Å². The van der Waals surface area contributed by atoms with E-state index in [0.717, 1.165) is 38.1 Å². The second-order valence-electron chi connectivity index (χ2n) is 4.54. The quantitative estimate of drug-likeness (QED) is 0.750. The number of aryl methyl sites for hydroxylation is 2. The highest BCUT2D eigenvalue weighted by Crippen LogP contribution is 2.07. The summed E-state index contributed by atoms with van der Waals surface area (Å²) in [7, 11) is 3.76. The molecule has 4 heteroatoms. The maximum atomic E-state index is 5.16. The lowest BCUT2D eigenvalue weighted by Gasteiger charge is -2.18. The van der Waals surface area contributed by atoms with Crippen molar-refractivity contribution < 1.29 is 4.74 Å². The Labute approximate surface area is 104 Å². The second-order valence-corrected chi connectivity index (χ2v) is 4.54. The number of methoxy groups -OCH3 is 1. The van der Waals surface area contributed by atoms with Crippen LogP contribution in [0.1, 0.15) is 31.2 Å². The highest BCUT2D eigenvalue weighted by molar-refractivity contribution is 5.10. The van der Waals surface area contributed by atoms with Crippen LogP contribution in [0.2, 0.25) is 0 Å². The minimum Gasteiger partial charge on any atom is -0.385 e. The summed E-state index contributed by atoms with van der Waals surface area (Å²) in [6, 6.07) is 2.64. The first-order chi connectivity index (χ1) is 8.17. The minimum absolute atomic E-state index is 0.477.